The molecule has 1 aromatic rings. The lowest BCUT2D eigenvalue weighted by Crippen LogP contribution is -3.16. The lowest BCUT2D eigenvalue weighted by Gasteiger charge is -2.19. The van der Waals surface area contributed by atoms with Crippen molar-refractivity contribution < 1.29 is 35.2 Å². The van der Waals surface area contributed by atoms with Gasteiger partial charge in [-0.3, -0.25) is 0 Å². The summed E-state index contributed by atoms with van der Waals surface area (Å²) >= 11 is 0. The number of carbonyl (C=O) groups is 1. The molecular formula is C13H21NO6. The van der Waals surface area contributed by atoms with Crippen molar-refractivity contribution in [2.75, 3.05) is 26.3 Å². The Morgan fingerprint density at radius 1 is 1.25 bits per heavy atom. The first-order valence-electron chi connectivity index (χ1n) is 6.17. The van der Waals surface area contributed by atoms with E-state index in [0.717, 1.165) is 4.90 Å². The van der Waals surface area contributed by atoms with Gasteiger partial charge in [0.15, 0.2) is 6.23 Å². The van der Waals surface area contributed by atoms with Crippen LogP contribution in [0.25, 0.3) is 0 Å². The smallest absolute Gasteiger partial charge is 0.335 e. The number of nitrogens with one attached hydrogen (secondary N) is 1. The summed E-state index contributed by atoms with van der Waals surface area (Å²) in [5.41, 5.74) is -0.178. The van der Waals surface area contributed by atoms with E-state index >= 15 is 0 Å². The Hall–Kier alpha value is -1.67. The van der Waals surface area contributed by atoms with Gasteiger partial charge in [-0.05, 0) is 6.07 Å². The molecule has 0 aliphatic carbocycles. The van der Waals surface area contributed by atoms with Crippen molar-refractivity contribution in [3.63, 3.8) is 0 Å². The molecule has 0 saturated carbocycles. The fraction of sp³-hybridized carbons (Fsp3) is 0.462. The molecule has 0 fully saturated rings. The summed E-state index contributed by atoms with van der Waals surface area (Å²) in [6.07, 6.45) is -0.515. The van der Waals surface area contributed by atoms with Crippen LogP contribution in [0.15, 0.2) is 24.3 Å². The summed E-state index contributed by atoms with van der Waals surface area (Å²) in [4.78, 5) is 11.0. The molecule has 0 bridgehead atoms. The molecule has 0 saturated heterocycles. The normalized spacial score (nSPS) is 11.7. The zero-order valence-electron chi connectivity index (χ0n) is 11.3. The summed E-state index contributed by atoms with van der Waals surface area (Å²) < 4.78 is 0. The van der Waals surface area contributed by atoms with E-state index in [0.29, 0.717) is 13.1 Å². The van der Waals surface area contributed by atoms with Crippen LogP contribution < -0.4 is 10.0 Å². The van der Waals surface area contributed by atoms with Crippen molar-refractivity contribution in [3.05, 3.63) is 29.8 Å². The van der Waals surface area contributed by atoms with Gasteiger partial charge in [0.25, 0.3) is 0 Å². The van der Waals surface area contributed by atoms with Crippen molar-refractivity contribution in [2.45, 2.75) is 13.2 Å². The van der Waals surface area contributed by atoms with Crippen LogP contribution in [0.2, 0.25) is 0 Å². The van der Waals surface area contributed by atoms with Crippen LogP contribution >= 0.6 is 0 Å². The van der Waals surface area contributed by atoms with Gasteiger partial charge in [0, 0.05) is 6.92 Å². The van der Waals surface area contributed by atoms with Crippen molar-refractivity contribution in [3.8, 4) is 5.75 Å². The number of para-hydroxylation sites is 1. The molecule has 7 heteroatoms. The number of aromatic carboxylic acids is 1. The van der Waals surface area contributed by atoms with E-state index in [2.05, 4.69) is 0 Å². The first kappa shape index (κ1) is 18.3. The van der Waals surface area contributed by atoms with Crippen LogP contribution in [-0.4, -0.2) is 58.9 Å². The van der Waals surface area contributed by atoms with E-state index in [9.17, 15) is 9.90 Å². The Balaban J connectivity index is 0.000000361. The molecule has 0 heterocycles. The third-order valence-corrected chi connectivity index (χ3v) is 2.57. The maximum absolute atomic E-state index is 10.7. The van der Waals surface area contributed by atoms with Gasteiger partial charge in [-0.1, -0.05) is 23.9 Å². The first-order chi connectivity index (χ1) is 9.43. The predicted molar refractivity (Wildman–Crippen MR) is 69.4 cm³/mol. The maximum atomic E-state index is 10.7. The summed E-state index contributed by atoms with van der Waals surface area (Å²) in [5.74, 6) is -1.62. The lowest BCUT2D eigenvalue weighted by molar-refractivity contribution is -0.945. The second kappa shape index (κ2) is 10.2. The number of rotatable bonds is 6. The van der Waals surface area contributed by atoms with Crippen molar-refractivity contribution in [1.29, 1.82) is 0 Å². The average Bonchev–Trinajstić information content (AvgIpc) is 2.39. The van der Waals surface area contributed by atoms with Crippen molar-refractivity contribution in [1.82, 2.24) is 0 Å². The second-order valence-electron chi connectivity index (χ2n) is 4.08. The maximum Gasteiger partial charge on any atom is 0.335 e. The Morgan fingerprint density at radius 3 is 2.05 bits per heavy atom. The molecule has 0 aromatic heterocycles. The van der Waals surface area contributed by atoms with Crippen molar-refractivity contribution >= 4 is 5.97 Å². The highest BCUT2D eigenvalue weighted by Crippen LogP contribution is 2.10. The minimum atomic E-state index is -1.18. The third-order valence-electron chi connectivity index (χ3n) is 2.57. The zero-order valence-corrected chi connectivity index (χ0v) is 11.3. The molecule has 7 nitrogen and oxygen atoms in total. The molecule has 1 rings (SSSR count). The number of aliphatic hydroxyl groups excluding tert-OH is 3. The summed E-state index contributed by atoms with van der Waals surface area (Å²) in [6, 6.07) is 5.54. The highest BCUT2D eigenvalue weighted by atomic mass is 16.4. The largest absolute Gasteiger partial charge is 0.872 e. The van der Waals surface area contributed by atoms with Gasteiger partial charge in [-0.15, -0.1) is 0 Å². The summed E-state index contributed by atoms with van der Waals surface area (Å²) in [5, 5.41) is 45.1. The number of quaternary nitrogens is 1. The van der Waals surface area contributed by atoms with Crippen LogP contribution in [0.5, 0.6) is 5.75 Å². The molecule has 1 atom stereocenters. The number of carboxylic acids is 1. The standard InChI is InChI=1S/C7H6O3.C6H15NO3/c8-6-4-2-1-3-5(6)7(9)10;1-6(10)7(2-4-8)3-5-9/h1-4,8H,(H,9,10);6,8-10H,2-5H2,1H3. The Labute approximate surface area is 117 Å². The fourth-order valence-electron chi connectivity index (χ4n) is 1.47. The Kier molecular flexibility index (Phi) is 9.31. The van der Waals surface area contributed by atoms with Gasteiger partial charge in [-0.25, -0.2) is 4.79 Å². The molecule has 1 aromatic carbocycles. The van der Waals surface area contributed by atoms with Gasteiger partial charge in [0.2, 0.25) is 0 Å². The fourth-order valence-corrected chi connectivity index (χ4v) is 1.47. The number of benzene rings is 1. The van der Waals surface area contributed by atoms with Gasteiger partial charge < -0.3 is 30.4 Å². The van der Waals surface area contributed by atoms with E-state index in [1.54, 1.807) is 6.92 Å². The molecule has 0 aliphatic heterocycles. The summed E-state index contributed by atoms with van der Waals surface area (Å²) in [7, 11) is 0. The minimum Gasteiger partial charge on any atom is -0.872 e. The lowest BCUT2D eigenvalue weighted by atomic mass is 10.2. The molecule has 0 aliphatic rings. The molecule has 0 radical (unpaired) electrons. The molecule has 114 valence electrons. The highest BCUT2D eigenvalue weighted by molar-refractivity contribution is 5.90. The molecule has 20 heavy (non-hydrogen) atoms. The number of hydrogen-bond acceptors (Lipinski definition) is 5. The second-order valence-corrected chi connectivity index (χ2v) is 4.08. The van der Waals surface area contributed by atoms with E-state index in [-0.39, 0.29) is 18.8 Å². The minimum absolute atomic E-state index is 0.0419. The Bertz CT molecular complexity index is 390. The average molecular weight is 287 g/mol. The van der Waals surface area contributed by atoms with E-state index in [1.165, 1.54) is 24.3 Å². The topological polar surface area (TPSA) is 125 Å². The van der Waals surface area contributed by atoms with Crippen LogP contribution in [-0.2, 0) is 0 Å². The Morgan fingerprint density at radius 2 is 1.75 bits per heavy atom. The molecule has 5 N–H and O–H groups in total. The number of aliphatic hydroxyl groups is 3. The highest BCUT2D eigenvalue weighted by Gasteiger charge is 2.11. The van der Waals surface area contributed by atoms with Crippen LogP contribution in [0.1, 0.15) is 17.3 Å². The molecule has 1 unspecified atom stereocenters. The SMILES string of the molecule is CC(O)[NH+](CCO)CCO.O=C(O)c1ccccc1[O-]. The third kappa shape index (κ3) is 7.05. The molecule has 0 spiro atoms. The van der Waals surface area contributed by atoms with Crippen LogP contribution in [0.3, 0.4) is 0 Å². The van der Waals surface area contributed by atoms with E-state index in [4.69, 9.17) is 20.4 Å². The van der Waals surface area contributed by atoms with Gasteiger partial charge in [0.05, 0.1) is 18.8 Å². The quantitative estimate of drug-likeness (QED) is 0.373. The van der Waals surface area contributed by atoms with E-state index < -0.39 is 17.9 Å². The first-order valence-corrected chi connectivity index (χ1v) is 6.17. The van der Waals surface area contributed by atoms with Gasteiger partial charge >= 0.3 is 5.97 Å². The predicted octanol–water partition coefficient (Wildman–Crippen LogP) is -2.35. The van der Waals surface area contributed by atoms with Crippen LogP contribution in [0.4, 0.5) is 0 Å². The van der Waals surface area contributed by atoms with E-state index in [1.807, 2.05) is 0 Å². The summed E-state index contributed by atoms with van der Waals surface area (Å²) in [6.45, 7) is 2.69. The molecular weight excluding hydrogens is 266 g/mol. The number of hydrogen-bond donors (Lipinski definition) is 5. The zero-order chi connectivity index (χ0) is 15.5. The van der Waals surface area contributed by atoms with Crippen LogP contribution in [0, 0.1) is 0 Å². The number of carboxylic acid groups (broad SMARTS) is 1. The van der Waals surface area contributed by atoms with Crippen molar-refractivity contribution in [2.24, 2.45) is 0 Å². The molecule has 0 amide bonds. The van der Waals surface area contributed by atoms with Gasteiger partial charge in [-0.2, -0.15) is 0 Å². The monoisotopic (exact) mass is 287 g/mol. The van der Waals surface area contributed by atoms with Gasteiger partial charge in [0.1, 0.15) is 13.1 Å².